The van der Waals surface area contributed by atoms with E-state index in [1.165, 1.54) is 13.2 Å². The van der Waals surface area contributed by atoms with Crippen LogP contribution in [0.4, 0.5) is 0 Å². The maximum atomic E-state index is 11.8. The zero-order valence-corrected chi connectivity index (χ0v) is 9.47. The maximum absolute atomic E-state index is 11.8. The standard InChI is InChI=1S/C14H12O3/c1-10(15)12-5-2-4-11(8-12)9-13(16)14-6-3-7-17-14/h2-8H,9H2,1H3. The quantitative estimate of drug-likeness (QED) is 0.756. The Balaban J connectivity index is 2.16. The van der Waals surface area contributed by atoms with E-state index in [1.54, 1.807) is 30.3 Å². The molecule has 0 N–H and O–H groups in total. The fourth-order valence-corrected chi connectivity index (χ4v) is 1.61. The molecule has 3 nitrogen and oxygen atoms in total. The Morgan fingerprint density at radius 1 is 1.18 bits per heavy atom. The van der Waals surface area contributed by atoms with Crippen LogP contribution in [0.5, 0.6) is 0 Å². The summed E-state index contributed by atoms with van der Waals surface area (Å²) in [5.41, 5.74) is 1.44. The van der Waals surface area contributed by atoms with Gasteiger partial charge in [0.1, 0.15) is 0 Å². The van der Waals surface area contributed by atoms with Gasteiger partial charge >= 0.3 is 0 Å². The highest BCUT2D eigenvalue weighted by Crippen LogP contribution is 2.10. The first kappa shape index (κ1) is 11.3. The van der Waals surface area contributed by atoms with Gasteiger partial charge in [0.05, 0.1) is 6.26 Å². The Morgan fingerprint density at radius 3 is 2.65 bits per heavy atom. The molecule has 0 aliphatic heterocycles. The molecule has 3 heteroatoms. The van der Waals surface area contributed by atoms with E-state index in [4.69, 9.17) is 4.42 Å². The number of ketones is 2. The number of carbonyl (C=O) groups is 2. The van der Waals surface area contributed by atoms with Crippen LogP contribution in [0.1, 0.15) is 33.4 Å². The van der Waals surface area contributed by atoms with Crippen molar-refractivity contribution in [2.24, 2.45) is 0 Å². The molecule has 0 saturated heterocycles. The third kappa shape index (κ3) is 2.69. The molecule has 1 aromatic carbocycles. The minimum Gasteiger partial charge on any atom is -0.461 e. The van der Waals surface area contributed by atoms with Crippen molar-refractivity contribution in [3.63, 3.8) is 0 Å². The van der Waals surface area contributed by atoms with Gasteiger partial charge in [-0.3, -0.25) is 9.59 Å². The summed E-state index contributed by atoms with van der Waals surface area (Å²) >= 11 is 0. The molecule has 1 aromatic heterocycles. The molecule has 0 aliphatic carbocycles. The van der Waals surface area contributed by atoms with Gasteiger partial charge in [-0.25, -0.2) is 0 Å². The van der Waals surface area contributed by atoms with Gasteiger partial charge in [0.25, 0.3) is 0 Å². The lowest BCUT2D eigenvalue weighted by Crippen LogP contribution is -2.03. The van der Waals surface area contributed by atoms with Crippen LogP contribution in [0.25, 0.3) is 0 Å². The normalized spacial score (nSPS) is 10.2. The van der Waals surface area contributed by atoms with Crippen LogP contribution in [-0.2, 0) is 6.42 Å². The molecule has 0 aliphatic rings. The lowest BCUT2D eigenvalue weighted by atomic mass is 10.0. The lowest BCUT2D eigenvalue weighted by Gasteiger charge is -2.01. The summed E-state index contributed by atoms with van der Waals surface area (Å²) in [4.78, 5) is 23.0. The van der Waals surface area contributed by atoms with E-state index >= 15 is 0 Å². The summed E-state index contributed by atoms with van der Waals surface area (Å²) in [6, 6.07) is 10.4. The van der Waals surface area contributed by atoms with Gasteiger partial charge in [0.2, 0.25) is 5.78 Å². The van der Waals surface area contributed by atoms with E-state index < -0.39 is 0 Å². The number of benzene rings is 1. The number of furan rings is 1. The van der Waals surface area contributed by atoms with Gasteiger partial charge < -0.3 is 4.42 Å². The highest BCUT2D eigenvalue weighted by atomic mass is 16.3. The smallest absolute Gasteiger partial charge is 0.202 e. The summed E-state index contributed by atoms with van der Waals surface area (Å²) < 4.78 is 5.03. The zero-order valence-electron chi connectivity index (χ0n) is 9.47. The Bertz CT molecular complexity index is 538. The van der Waals surface area contributed by atoms with Gasteiger partial charge in [-0.15, -0.1) is 0 Å². The van der Waals surface area contributed by atoms with Crippen molar-refractivity contribution in [3.05, 3.63) is 59.5 Å². The molecule has 0 amide bonds. The first-order valence-corrected chi connectivity index (χ1v) is 5.33. The van der Waals surface area contributed by atoms with E-state index in [1.807, 2.05) is 6.07 Å². The minimum absolute atomic E-state index is 0.00250. The molecule has 2 aromatic rings. The van der Waals surface area contributed by atoms with Gasteiger partial charge in [0.15, 0.2) is 11.5 Å². The molecule has 86 valence electrons. The Hall–Kier alpha value is -2.16. The molecule has 0 atom stereocenters. The number of hydrogen-bond donors (Lipinski definition) is 0. The van der Waals surface area contributed by atoms with Crippen LogP contribution in [0, 0.1) is 0 Å². The molecule has 0 radical (unpaired) electrons. The van der Waals surface area contributed by atoms with Crippen molar-refractivity contribution in [3.8, 4) is 0 Å². The van der Waals surface area contributed by atoms with Crippen LogP contribution >= 0.6 is 0 Å². The molecular weight excluding hydrogens is 216 g/mol. The molecule has 2 rings (SSSR count). The zero-order chi connectivity index (χ0) is 12.3. The van der Waals surface area contributed by atoms with Crippen LogP contribution in [0.2, 0.25) is 0 Å². The predicted molar refractivity (Wildman–Crippen MR) is 63.2 cm³/mol. The molecule has 1 heterocycles. The highest BCUT2D eigenvalue weighted by Gasteiger charge is 2.10. The van der Waals surface area contributed by atoms with Crippen LogP contribution in [-0.4, -0.2) is 11.6 Å². The minimum atomic E-state index is -0.0873. The average molecular weight is 228 g/mol. The number of Topliss-reactive ketones (excluding diaryl/α,β-unsaturated/α-hetero) is 2. The van der Waals surface area contributed by atoms with Gasteiger partial charge in [-0.05, 0) is 30.7 Å². The van der Waals surface area contributed by atoms with Gasteiger partial charge in [0, 0.05) is 12.0 Å². The summed E-state index contributed by atoms with van der Waals surface area (Å²) in [6.07, 6.45) is 1.72. The van der Waals surface area contributed by atoms with Crippen LogP contribution in [0.3, 0.4) is 0 Å². The first-order chi connectivity index (χ1) is 8.16. The fraction of sp³-hybridized carbons (Fsp3) is 0.143. The molecule has 17 heavy (non-hydrogen) atoms. The third-order valence-corrected chi connectivity index (χ3v) is 2.49. The summed E-state index contributed by atoms with van der Waals surface area (Å²) in [5.74, 6) is 0.256. The van der Waals surface area contributed by atoms with E-state index in [2.05, 4.69) is 0 Å². The van der Waals surface area contributed by atoms with E-state index in [9.17, 15) is 9.59 Å². The van der Waals surface area contributed by atoms with Crippen molar-refractivity contribution < 1.29 is 14.0 Å². The van der Waals surface area contributed by atoms with Crippen molar-refractivity contribution in [2.75, 3.05) is 0 Å². The second kappa shape index (κ2) is 4.78. The Labute approximate surface area is 99.1 Å². The van der Waals surface area contributed by atoms with Gasteiger partial charge in [-0.1, -0.05) is 18.2 Å². The number of carbonyl (C=O) groups excluding carboxylic acids is 2. The van der Waals surface area contributed by atoms with Crippen molar-refractivity contribution in [1.82, 2.24) is 0 Å². The molecular formula is C14H12O3. The van der Waals surface area contributed by atoms with Crippen molar-refractivity contribution in [2.45, 2.75) is 13.3 Å². The van der Waals surface area contributed by atoms with E-state index in [-0.39, 0.29) is 18.0 Å². The summed E-state index contributed by atoms with van der Waals surface area (Å²) in [7, 11) is 0. The topological polar surface area (TPSA) is 47.3 Å². The van der Waals surface area contributed by atoms with Crippen molar-refractivity contribution in [1.29, 1.82) is 0 Å². The van der Waals surface area contributed by atoms with E-state index in [0.29, 0.717) is 11.3 Å². The lowest BCUT2D eigenvalue weighted by molar-refractivity contribution is 0.0964. The highest BCUT2D eigenvalue weighted by molar-refractivity contribution is 5.96. The molecule has 0 bridgehead atoms. The number of hydrogen-bond acceptors (Lipinski definition) is 3. The molecule has 0 spiro atoms. The third-order valence-electron chi connectivity index (χ3n) is 2.49. The Kier molecular flexibility index (Phi) is 3.19. The maximum Gasteiger partial charge on any atom is 0.202 e. The largest absolute Gasteiger partial charge is 0.461 e. The molecule has 0 saturated carbocycles. The van der Waals surface area contributed by atoms with E-state index in [0.717, 1.165) is 5.56 Å². The van der Waals surface area contributed by atoms with Crippen molar-refractivity contribution >= 4 is 11.6 Å². The fourth-order valence-electron chi connectivity index (χ4n) is 1.61. The van der Waals surface area contributed by atoms with Gasteiger partial charge in [-0.2, -0.15) is 0 Å². The molecule has 0 unspecified atom stereocenters. The summed E-state index contributed by atoms with van der Waals surface area (Å²) in [6.45, 7) is 1.51. The average Bonchev–Trinajstić information content (AvgIpc) is 2.82. The second-order valence-electron chi connectivity index (χ2n) is 3.83. The summed E-state index contributed by atoms with van der Waals surface area (Å²) in [5, 5.41) is 0. The second-order valence-corrected chi connectivity index (χ2v) is 3.83. The monoisotopic (exact) mass is 228 g/mol. The SMILES string of the molecule is CC(=O)c1cccc(CC(=O)c2ccco2)c1. The van der Waals surface area contributed by atoms with Crippen LogP contribution in [0.15, 0.2) is 47.1 Å². The predicted octanol–water partition coefficient (Wildman–Crippen LogP) is 2.91. The van der Waals surface area contributed by atoms with Crippen LogP contribution < -0.4 is 0 Å². The molecule has 0 fully saturated rings. The number of rotatable bonds is 4. The Morgan fingerprint density at radius 2 is 2.00 bits per heavy atom. The first-order valence-electron chi connectivity index (χ1n) is 5.33.